The molecule has 5 nitrogen and oxygen atoms in total. The molecule has 0 aliphatic carbocycles. The molecule has 0 aliphatic heterocycles. The highest BCUT2D eigenvalue weighted by molar-refractivity contribution is 5.77. The number of rotatable bonds is 5. The second-order valence-electron chi connectivity index (χ2n) is 4.23. The minimum atomic E-state index is -0.238. The summed E-state index contributed by atoms with van der Waals surface area (Å²) in [4.78, 5) is 11.7. The molecule has 0 saturated carbocycles. The zero-order valence-corrected chi connectivity index (χ0v) is 11.0. The smallest absolute Gasteiger partial charge is 0.258 e. The fraction of sp³-hybridized carbons (Fsp3) is 0.200. The summed E-state index contributed by atoms with van der Waals surface area (Å²) in [6.45, 7) is 1.75. The van der Waals surface area contributed by atoms with Crippen LogP contribution in [0.15, 0.2) is 47.1 Å². The molecule has 2 rings (SSSR count). The Morgan fingerprint density at radius 3 is 2.75 bits per heavy atom. The predicted molar refractivity (Wildman–Crippen MR) is 71.9 cm³/mol. The van der Waals surface area contributed by atoms with Crippen molar-refractivity contribution in [2.24, 2.45) is 0 Å². The Bertz CT molecular complexity index is 597. The van der Waals surface area contributed by atoms with Gasteiger partial charge in [-0.2, -0.15) is 5.26 Å². The first-order valence-electron chi connectivity index (χ1n) is 6.15. The summed E-state index contributed by atoms with van der Waals surface area (Å²) in [7, 11) is 0. The average molecular weight is 270 g/mol. The molecule has 1 heterocycles. The van der Waals surface area contributed by atoms with Gasteiger partial charge in [-0.25, -0.2) is 0 Å². The fourth-order valence-corrected chi connectivity index (χ4v) is 1.67. The van der Waals surface area contributed by atoms with Crippen LogP contribution in [-0.2, 0) is 4.79 Å². The van der Waals surface area contributed by atoms with Gasteiger partial charge in [0.1, 0.15) is 11.5 Å². The molecular formula is C15H14N2O3. The highest BCUT2D eigenvalue weighted by atomic mass is 16.5. The first-order chi connectivity index (χ1) is 9.69. The van der Waals surface area contributed by atoms with Crippen LogP contribution >= 0.6 is 0 Å². The molecular weight excluding hydrogens is 256 g/mol. The van der Waals surface area contributed by atoms with Crippen LogP contribution in [0.5, 0.6) is 5.75 Å². The van der Waals surface area contributed by atoms with Gasteiger partial charge in [0.15, 0.2) is 6.61 Å². The molecule has 0 saturated heterocycles. The first kappa shape index (κ1) is 13.7. The number of hydrogen-bond donors (Lipinski definition) is 1. The lowest BCUT2D eigenvalue weighted by molar-refractivity contribution is -0.123. The molecule has 0 radical (unpaired) electrons. The van der Waals surface area contributed by atoms with E-state index in [9.17, 15) is 4.79 Å². The van der Waals surface area contributed by atoms with Crippen LogP contribution < -0.4 is 10.1 Å². The van der Waals surface area contributed by atoms with Crippen LogP contribution in [0.25, 0.3) is 0 Å². The highest BCUT2D eigenvalue weighted by Crippen LogP contribution is 2.13. The average Bonchev–Trinajstić information content (AvgIpc) is 3.00. The van der Waals surface area contributed by atoms with Gasteiger partial charge in [-0.3, -0.25) is 4.79 Å². The summed E-state index contributed by atoms with van der Waals surface area (Å²) >= 11 is 0. The van der Waals surface area contributed by atoms with Crippen molar-refractivity contribution in [2.75, 3.05) is 6.61 Å². The minimum Gasteiger partial charge on any atom is -0.484 e. The van der Waals surface area contributed by atoms with Gasteiger partial charge in [-0.15, -0.1) is 0 Å². The van der Waals surface area contributed by atoms with E-state index in [4.69, 9.17) is 14.4 Å². The van der Waals surface area contributed by atoms with Crippen molar-refractivity contribution in [1.29, 1.82) is 5.26 Å². The standard InChI is InChI=1S/C15H14N2O3/c1-11(14-3-2-8-19-14)17-15(18)10-20-13-6-4-12(9-16)5-7-13/h2-8,11H,10H2,1H3,(H,17,18)/t11-/m0/s1. The predicted octanol–water partition coefficient (Wildman–Crippen LogP) is 2.41. The van der Waals surface area contributed by atoms with E-state index in [0.29, 0.717) is 17.1 Å². The molecule has 1 aromatic carbocycles. The number of nitrogens with one attached hydrogen (secondary N) is 1. The third-order valence-electron chi connectivity index (χ3n) is 2.70. The minimum absolute atomic E-state index is 0.0864. The van der Waals surface area contributed by atoms with Crippen molar-refractivity contribution in [3.05, 3.63) is 54.0 Å². The molecule has 20 heavy (non-hydrogen) atoms. The number of amides is 1. The molecule has 1 amide bonds. The number of hydrogen-bond acceptors (Lipinski definition) is 4. The summed E-state index contributed by atoms with van der Waals surface area (Å²) in [5.74, 6) is 1.000. The summed E-state index contributed by atoms with van der Waals surface area (Å²) < 4.78 is 10.5. The second-order valence-corrected chi connectivity index (χ2v) is 4.23. The number of carbonyl (C=O) groups excluding carboxylic acids is 1. The molecule has 1 aromatic heterocycles. The van der Waals surface area contributed by atoms with E-state index < -0.39 is 0 Å². The van der Waals surface area contributed by atoms with Gasteiger partial charge in [-0.1, -0.05) is 0 Å². The molecule has 0 unspecified atom stereocenters. The molecule has 5 heteroatoms. The van der Waals surface area contributed by atoms with Crippen LogP contribution in [0, 0.1) is 11.3 Å². The number of nitrogens with zero attached hydrogens (tertiary/aromatic N) is 1. The maximum absolute atomic E-state index is 11.7. The van der Waals surface area contributed by atoms with Crippen molar-refractivity contribution in [3.8, 4) is 11.8 Å². The summed E-state index contributed by atoms with van der Waals surface area (Å²) in [5.41, 5.74) is 0.549. The molecule has 0 spiro atoms. The molecule has 102 valence electrons. The van der Waals surface area contributed by atoms with E-state index in [1.807, 2.05) is 13.0 Å². The lowest BCUT2D eigenvalue weighted by atomic mass is 10.2. The second kappa shape index (κ2) is 6.43. The van der Waals surface area contributed by atoms with Crippen molar-refractivity contribution >= 4 is 5.91 Å². The molecule has 0 fully saturated rings. The Balaban J connectivity index is 1.81. The monoisotopic (exact) mass is 270 g/mol. The van der Waals surface area contributed by atoms with Gasteiger partial charge >= 0.3 is 0 Å². The molecule has 1 atom stereocenters. The zero-order chi connectivity index (χ0) is 14.4. The van der Waals surface area contributed by atoms with Crippen molar-refractivity contribution in [1.82, 2.24) is 5.32 Å². The number of carbonyl (C=O) groups is 1. The SMILES string of the molecule is C[C@H](NC(=O)COc1ccc(C#N)cc1)c1ccco1. The van der Waals surface area contributed by atoms with Crippen LogP contribution in [0.3, 0.4) is 0 Å². The Morgan fingerprint density at radius 2 is 2.15 bits per heavy atom. The van der Waals surface area contributed by atoms with Crippen LogP contribution in [0.2, 0.25) is 0 Å². The summed E-state index contributed by atoms with van der Waals surface area (Å²) in [6, 6.07) is 12.0. The lowest BCUT2D eigenvalue weighted by Crippen LogP contribution is -2.31. The molecule has 0 aliphatic rings. The van der Waals surface area contributed by atoms with E-state index in [0.717, 1.165) is 0 Å². The number of furan rings is 1. The van der Waals surface area contributed by atoms with Crippen molar-refractivity contribution in [3.63, 3.8) is 0 Å². The van der Waals surface area contributed by atoms with Crippen LogP contribution in [-0.4, -0.2) is 12.5 Å². The van der Waals surface area contributed by atoms with Gasteiger partial charge in [0.25, 0.3) is 5.91 Å². The Kier molecular flexibility index (Phi) is 4.40. The maximum Gasteiger partial charge on any atom is 0.258 e. The number of nitriles is 1. The quantitative estimate of drug-likeness (QED) is 0.905. The number of benzene rings is 1. The topological polar surface area (TPSA) is 75.3 Å². The van der Waals surface area contributed by atoms with Gasteiger partial charge < -0.3 is 14.5 Å². The summed E-state index contributed by atoms with van der Waals surface area (Å²) in [5, 5.41) is 11.4. The van der Waals surface area contributed by atoms with Gasteiger partial charge in [0, 0.05) is 0 Å². The Morgan fingerprint density at radius 1 is 1.40 bits per heavy atom. The third kappa shape index (κ3) is 3.62. The summed E-state index contributed by atoms with van der Waals surface area (Å²) in [6.07, 6.45) is 1.56. The molecule has 0 bridgehead atoms. The van der Waals surface area contributed by atoms with E-state index in [1.54, 1.807) is 42.7 Å². The zero-order valence-electron chi connectivity index (χ0n) is 11.0. The van der Waals surface area contributed by atoms with Crippen LogP contribution in [0.4, 0.5) is 0 Å². The lowest BCUT2D eigenvalue weighted by Gasteiger charge is -2.12. The van der Waals surface area contributed by atoms with Crippen molar-refractivity contribution in [2.45, 2.75) is 13.0 Å². The van der Waals surface area contributed by atoms with Gasteiger partial charge in [0.2, 0.25) is 0 Å². The first-order valence-corrected chi connectivity index (χ1v) is 6.15. The van der Waals surface area contributed by atoms with E-state index in [2.05, 4.69) is 5.32 Å². The van der Waals surface area contributed by atoms with E-state index in [1.165, 1.54) is 0 Å². The molecule has 1 N–H and O–H groups in total. The molecule has 2 aromatic rings. The van der Waals surface area contributed by atoms with Crippen LogP contribution in [0.1, 0.15) is 24.3 Å². The Hall–Kier alpha value is -2.74. The van der Waals surface area contributed by atoms with Crippen molar-refractivity contribution < 1.29 is 13.9 Å². The highest BCUT2D eigenvalue weighted by Gasteiger charge is 2.12. The largest absolute Gasteiger partial charge is 0.484 e. The maximum atomic E-state index is 11.7. The van der Waals surface area contributed by atoms with Gasteiger partial charge in [0.05, 0.1) is 23.9 Å². The van der Waals surface area contributed by atoms with E-state index >= 15 is 0 Å². The number of ether oxygens (including phenoxy) is 1. The van der Waals surface area contributed by atoms with Gasteiger partial charge in [-0.05, 0) is 43.3 Å². The van der Waals surface area contributed by atoms with E-state index in [-0.39, 0.29) is 18.6 Å². The fourth-order valence-electron chi connectivity index (χ4n) is 1.67. The third-order valence-corrected chi connectivity index (χ3v) is 2.70. The normalized spacial score (nSPS) is 11.4. The Labute approximate surface area is 116 Å².